The summed E-state index contributed by atoms with van der Waals surface area (Å²) in [6, 6.07) is 10.5. The third-order valence-electron chi connectivity index (χ3n) is 6.79. The van der Waals surface area contributed by atoms with Gasteiger partial charge in [-0.05, 0) is 85.8 Å². The van der Waals surface area contributed by atoms with Gasteiger partial charge in [-0.3, -0.25) is 4.90 Å². The van der Waals surface area contributed by atoms with E-state index in [0.29, 0.717) is 23.9 Å². The third kappa shape index (κ3) is 4.70. The van der Waals surface area contributed by atoms with E-state index in [-0.39, 0.29) is 0 Å². The summed E-state index contributed by atoms with van der Waals surface area (Å²) in [6.45, 7) is 6.95. The number of nitrogens with zero attached hydrogens (tertiary/aromatic N) is 4. The van der Waals surface area contributed by atoms with Crippen molar-refractivity contribution in [2.75, 3.05) is 19.6 Å². The quantitative estimate of drug-likeness (QED) is 0.493. The molecule has 5 heteroatoms. The van der Waals surface area contributed by atoms with E-state index in [1.54, 1.807) is 11.3 Å². The highest BCUT2D eigenvalue weighted by Gasteiger charge is 2.24. The van der Waals surface area contributed by atoms with Gasteiger partial charge in [0.15, 0.2) is 0 Å². The van der Waals surface area contributed by atoms with Crippen molar-refractivity contribution in [1.29, 1.82) is 10.5 Å². The Balaban J connectivity index is 1.69. The Hall–Kier alpha value is -2.73. The Bertz CT molecular complexity index is 1150. The first-order valence-electron chi connectivity index (χ1n) is 11.7. The third-order valence-corrected chi connectivity index (χ3v) is 7.88. The predicted octanol–water partition coefficient (Wildman–Crippen LogP) is 6.56. The zero-order chi connectivity index (χ0) is 22.5. The number of aryl methyl sites for hydroxylation is 1. The van der Waals surface area contributed by atoms with E-state index in [2.05, 4.69) is 55.2 Å². The molecule has 164 valence electrons. The summed E-state index contributed by atoms with van der Waals surface area (Å²) in [7, 11) is 0. The molecule has 4 rings (SSSR count). The monoisotopic (exact) mass is 442 g/mol. The molecule has 0 saturated carbocycles. The van der Waals surface area contributed by atoms with Crippen LogP contribution in [0.5, 0.6) is 0 Å². The molecule has 0 bridgehead atoms. The van der Waals surface area contributed by atoms with Gasteiger partial charge >= 0.3 is 0 Å². The van der Waals surface area contributed by atoms with Gasteiger partial charge in [0, 0.05) is 16.3 Å². The molecule has 1 saturated heterocycles. The molecule has 2 aromatic rings. The minimum Gasteiger partial charge on any atom is -0.291 e. The van der Waals surface area contributed by atoms with Crippen LogP contribution in [0, 0.1) is 34.5 Å². The molecule has 0 radical (unpaired) electrons. The largest absolute Gasteiger partial charge is 0.291 e. The molecular formula is C27H30N4S. The van der Waals surface area contributed by atoms with Gasteiger partial charge in [0.2, 0.25) is 0 Å². The second-order valence-corrected chi connectivity index (χ2v) is 9.73. The van der Waals surface area contributed by atoms with Crippen LogP contribution < -0.4 is 0 Å². The maximum atomic E-state index is 9.28. The van der Waals surface area contributed by atoms with E-state index >= 15 is 0 Å². The van der Waals surface area contributed by atoms with Crippen molar-refractivity contribution in [3.8, 4) is 12.1 Å². The van der Waals surface area contributed by atoms with Gasteiger partial charge in [-0.15, -0.1) is 11.3 Å². The van der Waals surface area contributed by atoms with Crippen LogP contribution in [0.4, 0.5) is 5.00 Å². The number of piperidine rings is 1. The highest BCUT2D eigenvalue weighted by molar-refractivity contribution is 7.22. The highest BCUT2D eigenvalue weighted by Crippen LogP contribution is 2.40. The van der Waals surface area contributed by atoms with Crippen molar-refractivity contribution in [2.24, 2.45) is 16.8 Å². The lowest BCUT2D eigenvalue weighted by Gasteiger charge is -2.31. The lowest BCUT2D eigenvalue weighted by molar-refractivity contribution is 0.221. The number of fused-ring (bicyclic) bond motifs is 1. The fourth-order valence-electron chi connectivity index (χ4n) is 4.86. The first-order valence-corrected chi connectivity index (χ1v) is 12.5. The molecular weight excluding hydrogens is 412 g/mol. The summed E-state index contributed by atoms with van der Waals surface area (Å²) in [5.74, 6) is 0.959. The smallest absolute Gasteiger partial charge is 0.120 e. The molecule has 2 heterocycles. The number of allylic oxidation sites excluding steroid dienone is 4. The Kier molecular flexibility index (Phi) is 7.20. The number of aliphatic imine (C=N–C) groups is 1. The normalized spacial score (nSPS) is 21.3. The van der Waals surface area contributed by atoms with Crippen molar-refractivity contribution < 1.29 is 0 Å². The van der Waals surface area contributed by atoms with Crippen LogP contribution in [-0.2, 0) is 6.42 Å². The molecule has 1 fully saturated rings. The van der Waals surface area contributed by atoms with Gasteiger partial charge in [0.1, 0.15) is 5.00 Å². The number of rotatable bonds is 5. The van der Waals surface area contributed by atoms with E-state index in [0.717, 1.165) is 54.9 Å². The fourth-order valence-corrected chi connectivity index (χ4v) is 6.08. The van der Waals surface area contributed by atoms with E-state index in [4.69, 9.17) is 10.3 Å². The van der Waals surface area contributed by atoms with Crippen LogP contribution in [0.3, 0.4) is 0 Å². The molecule has 4 nitrogen and oxygen atoms in total. The van der Waals surface area contributed by atoms with Crippen molar-refractivity contribution in [3.05, 3.63) is 53.1 Å². The van der Waals surface area contributed by atoms with Crippen LogP contribution in [-0.4, -0.2) is 30.2 Å². The SMILES string of the molecule is CCc1c(N=C2C=C(C3CCN(CC#N)CC3)C=CCC2CC)sc2cc(C#N)ccc12. The van der Waals surface area contributed by atoms with Gasteiger partial charge in [-0.2, -0.15) is 10.5 Å². The zero-order valence-corrected chi connectivity index (χ0v) is 19.8. The van der Waals surface area contributed by atoms with Crippen molar-refractivity contribution in [3.63, 3.8) is 0 Å². The van der Waals surface area contributed by atoms with Crippen LogP contribution in [0.1, 0.15) is 50.7 Å². The van der Waals surface area contributed by atoms with Gasteiger partial charge in [-0.25, -0.2) is 4.99 Å². The average molecular weight is 443 g/mol. The maximum Gasteiger partial charge on any atom is 0.120 e. The topological polar surface area (TPSA) is 63.2 Å². The second kappa shape index (κ2) is 10.3. The molecule has 1 aromatic heterocycles. The highest BCUT2D eigenvalue weighted by atomic mass is 32.1. The van der Waals surface area contributed by atoms with E-state index in [1.165, 1.54) is 22.2 Å². The first-order chi connectivity index (χ1) is 15.7. The first kappa shape index (κ1) is 22.5. The van der Waals surface area contributed by atoms with Gasteiger partial charge < -0.3 is 0 Å². The predicted molar refractivity (Wildman–Crippen MR) is 133 cm³/mol. The molecule has 1 unspecified atom stereocenters. The zero-order valence-electron chi connectivity index (χ0n) is 19.0. The number of thiophene rings is 1. The maximum absolute atomic E-state index is 9.28. The van der Waals surface area contributed by atoms with Crippen molar-refractivity contribution in [1.82, 2.24) is 4.90 Å². The van der Waals surface area contributed by atoms with E-state index in [9.17, 15) is 5.26 Å². The average Bonchev–Trinajstić information content (AvgIpc) is 3.03. The Morgan fingerprint density at radius 2 is 2.00 bits per heavy atom. The Morgan fingerprint density at radius 3 is 2.69 bits per heavy atom. The molecule has 1 atom stereocenters. The lowest BCUT2D eigenvalue weighted by atomic mass is 9.87. The van der Waals surface area contributed by atoms with Gasteiger partial charge in [-0.1, -0.05) is 32.1 Å². The van der Waals surface area contributed by atoms with Crippen LogP contribution in [0.25, 0.3) is 10.1 Å². The molecule has 0 N–H and O–H groups in total. The van der Waals surface area contributed by atoms with E-state index in [1.807, 2.05) is 12.1 Å². The van der Waals surface area contributed by atoms with Crippen LogP contribution >= 0.6 is 11.3 Å². The minimum absolute atomic E-state index is 0.423. The number of benzene rings is 1. The van der Waals surface area contributed by atoms with Gasteiger partial charge in [0.25, 0.3) is 0 Å². The van der Waals surface area contributed by atoms with Crippen molar-refractivity contribution in [2.45, 2.75) is 46.0 Å². The summed E-state index contributed by atoms with van der Waals surface area (Å²) in [4.78, 5) is 7.52. The van der Waals surface area contributed by atoms with Crippen LogP contribution in [0.15, 0.2) is 47.0 Å². The fraction of sp³-hybridized carbons (Fsp3) is 0.444. The summed E-state index contributed by atoms with van der Waals surface area (Å²) < 4.78 is 1.15. The Morgan fingerprint density at radius 1 is 1.19 bits per heavy atom. The molecule has 0 spiro atoms. The lowest BCUT2D eigenvalue weighted by Crippen LogP contribution is -2.34. The summed E-state index contributed by atoms with van der Waals surface area (Å²) in [6.07, 6.45) is 12.2. The number of hydrogen-bond acceptors (Lipinski definition) is 5. The molecule has 2 aliphatic rings. The number of likely N-dealkylation sites (tertiary alicyclic amines) is 1. The molecule has 0 amide bonds. The molecule has 1 aliphatic heterocycles. The molecule has 1 aliphatic carbocycles. The standard InChI is InChI=1S/C27H30N4S/c1-3-20-6-5-7-22(21-10-13-31(14-11-21)15-12-28)17-25(20)30-27-23(4-2)24-9-8-19(18-29)16-26(24)32-27/h5,7-9,16-17,20-21H,3-4,6,10-11,13-15H2,1-2H3. The van der Waals surface area contributed by atoms with E-state index < -0.39 is 0 Å². The van der Waals surface area contributed by atoms with Gasteiger partial charge in [0.05, 0.1) is 24.2 Å². The molecule has 32 heavy (non-hydrogen) atoms. The van der Waals surface area contributed by atoms with Crippen molar-refractivity contribution >= 4 is 32.1 Å². The summed E-state index contributed by atoms with van der Waals surface area (Å²) in [5.41, 5.74) is 4.57. The Labute approximate surface area is 195 Å². The van der Waals surface area contributed by atoms with Crippen LogP contribution in [0.2, 0.25) is 0 Å². The number of nitriles is 2. The molecule has 1 aromatic carbocycles. The second-order valence-electron chi connectivity index (χ2n) is 8.69. The summed E-state index contributed by atoms with van der Waals surface area (Å²) in [5, 5.41) is 20.6. The minimum atomic E-state index is 0.423. The number of hydrogen-bond donors (Lipinski definition) is 0. The summed E-state index contributed by atoms with van der Waals surface area (Å²) >= 11 is 1.71.